The van der Waals surface area contributed by atoms with Crippen molar-refractivity contribution in [3.05, 3.63) is 52.2 Å². The molecule has 0 fully saturated rings. The van der Waals surface area contributed by atoms with E-state index in [1.807, 2.05) is 0 Å². The Morgan fingerprint density at radius 1 is 1.17 bits per heavy atom. The van der Waals surface area contributed by atoms with Crippen LogP contribution in [0.1, 0.15) is 23.8 Å². The Morgan fingerprint density at radius 2 is 2.00 bits per heavy atom. The molecule has 18 heavy (non-hydrogen) atoms. The molecule has 0 aliphatic rings. The Kier molecular flexibility index (Phi) is 5.24. The van der Waals surface area contributed by atoms with Crippen molar-refractivity contribution in [2.75, 3.05) is 6.54 Å². The molecule has 96 valence electrons. The lowest BCUT2D eigenvalue weighted by molar-refractivity contribution is -0.670. The largest absolute Gasteiger partial charge is 0.488 e. The molecule has 0 unspecified atom stereocenters. The fourth-order valence-electron chi connectivity index (χ4n) is 1.74. The van der Waals surface area contributed by atoms with Crippen molar-refractivity contribution in [3.63, 3.8) is 0 Å². The molecule has 2 aromatic rings. The van der Waals surface area contributed by atoms with Gasteiger partial charge < -0.3 is 10.1 Å². The molecule has 2 N–H and O–H groups in total. The highest BCUT2D eigenvalue weighted by molar-refractivity contribution is 7.09. The van der Waals surface area contributed by atoms with Crippen LogP contribution in [-0.4, -0.2) is 6.54 Å². The van der Waals surface area contributed by atoms with Gasteiger partial charge in [0.2, 0.25) is 0 Å². The van der Waals surface area contributed by atoms with E-state index in [1.54, 1.807) is 11.3 Å². The molecule has 3 heteroatoms. The normalized spacial score (nSPS) is 10.5. The third kappa shape index (κ3) is 4.17. The highest BCUT2D eigenvalue weighted by atomic mass is 32.1. The molecule has 0 radical (unpaired) electrons. The summed E-state index contributed by atoms with van der Waals surface area (Å²) in [5.41, 5.74) is 1.35. The van der Waals surface area contributed by atoms with Gasteiger partial charge in [0.1, 0.15) is 18.9 Å². The summed E-state index contributed by atoms with van der Waals surface area (Å²) in [6.45, 7) is 5.12. The Balaban J connectivity index is 1.80. The number of quaternary nitrogens is 1. The summed E-state index contributed by atoms with van der Waals surface area (Å²) < 4.78 is 5.73. The number of thiophene rings is 1. The number of hydrogen-bond acceptors (Lipinski definition) is 2. The van der Waals surface area contributed by atoms with E-state index in [4.69, 9.17) is 4.74 Å². The van der Waals surface area contributed by atoms with Crippen molar-refractivity contribution in [1.82, 2.24) is 0 Å². The maximum atomic E-state index is 5.73. The summed E-state index contributed by atoms with van der Waals surface area (Å²) in [5, 5.41) is 4.41. The molecule has 2 rings (SSSR count). The average molecular weight is 262 g/mol. The van der Waals surface area contributed by atoms with Gasteiger partial charge >= 0.3 is 0 Å². The van der Waals surface area contributed by atoms with Crippen LogP contribution in [0.15, 0.2) is 41.8 Å². The average Bonchev–Trinajstić information content (AvgIpc) is 2.91. The fourth-order valence-corrected chi connectivity index (χ4v) is 2.36. The lowest BCUT2D eigenvalue weighted by atomic mass is 10.2. The van der Waals surface area contributed by atoms with Gasteiger partial charge in [0, 0.05) is 10.4 Å². The van der Waals surface area contributed by atoms with E-state index < -0.39 is 0 Å². The van der Waals surface area contributed by atoms with Gasteiger partial charge in [-0.2, -0.15) is 0 Å². The van der Waals surface area contributed by atoms with Gasteiger partial charge in [-0.25, -0.2) is 0 Å². The van der Waals surface area contributed by atoms with Gasteiger partial charge in [0.05, 0.1) is 6.54 Å². The zero-order valence-corrected chi connectivity index (χ0v) is 11.6. The number of benzene rings is 1. The number of ether oxygens (including phenoxy) is 1. The summed E-state index contributed by atoms with van der Waals surface area (Å²) in [6.07, 6.45) is 1.22. The maximum absolute atomic E-state index is 5.73. The molecule has 0 spiro atoms. The van der Waals surface area contributed by atoms with Crippen molar-refractivity contribution >= 4 is 11.3 Å². The molecule has 0 aliphatic heterocycles. The van der Waals surface area contributed by atoms with E-state index in [2.05, 4.69) is 54.0 Å². The second-order valence-corrected chi connectivity index (χ2v) is 5.33. The van der Waals surface area contributed by atoms with Crippen LogP contribution in [0.25, 0.3) is 0 Å². The van der Waals surface area contributed by atoms with Crippen molar-refractivity contribution in [1.29, 1.82) is 0 Å². The fraction of sp³-hybridized carbons (Fsp3) is 0.333. The molecule has 0 saturated carbocycles. The van der Waals surface area contributed by atoms with Crippen LogP contribution in [0.2, 0.25) is 0 Å². The highest BCUT2D eigenvalue weighted by Gasteiger charge is 1.98. The number of nitrogens with two attached hydrogens (primary N) is 1. The Bertz CT molecular complexity index is 436. The van der Waals surface area contributed by atoms with Gasteiger partial charge in [-0.05, 0) is 42.1 Å². The number of hydrogen-bond donors (Lipinski definition) is 1. The third-order valence-corrected chi connectivity index (χ3v) is 3.61. The van der Waals surface area contributed by atoms with E-state index in [1.165, 1.54) is 23.4 Å². The third-order valence-electron chi connectivity index (χ3n) is 2.76. The quantitative estimate of drug-likeness (QED) is 0.763. The minimum atomic E-state index is 0.666. The molecule has 0 bridgehead atoms. The van der Waals surface area contributed by atoms with E-state index in [0.717, 1.165) is 12.3 Å². The molecular formula is C15H20NOS+. The van der Waals surface area contributed by atoms with Crippen LogP contribution >= 0.6 is 11.3 Å². The first-order chi connectivity index (χ1) is 8.88. The Morgan fingerprint density at radius 3 is 2.67 bits per heavy atom. The molecule has 0 saturated heterocycles. The van der Waals surface area contributed by atoms with Crippen molar-refractivity contribution < 1.29 is 10.1 Å². The molecule has 0 aliphatic carbocycles. The van der Waals surface area contributed by atoms with Crippen molar-refractivity contribution in [2.24, 2.45) is 0 Å². The first-order valence-corrected chi connectivity index (χ1v) is 7.32. The summed E-state index contributed by atoms with van der Waals surface area (Å²) >= 11 is 1.73. The van der Waals surface area contributed by atoms with E-state index >= 15 is 0 Å². The molecule has 1 aromatic heterocycles. The molecule has 0 amide bonds. The zero-order chi connectivity index (χ0) is 12.6. The SMILES string of the molecule is CCC[NH2+]Cc1ccc(OCc2cccs2)cc1. The maximum Gasteiger partial charge on any atom is 0.122 e. The van der Waals surface area contributed by atoms with E-state index in [0.29, 0.717) is 6.61 Å². The molecule has 1 aromatic carbocycles. The summed E-state index contributed by atoms with van der Waals surface area (Å²) in [5.74, 6) is 0.947. The minimum absolute atomic E-state index is 0.666. The Labute approximate surface area is 113 Å². The molecule has 1 heterocycles. The minimum Gasteiger partial charge on any atom is -0.488 e. The van der Waals surface area contributed by atoms with Crippen molar-refractivity contribution in [2.45, 2.75) is 26.5 Å². The smallest absolute Gasteiger partial charge is 0.122 e. The number of rotatable bonds is 7. The van der Waals surface area contributed by atoms with Gasteiger partial charge in [-0.3, -0.25) is 0 Å². The van der Waals surface area contributed by atoms with Gasteiger partial charge in [0.25, 0.3) is 0 Å². The van der Waals surface area contributed by atoms with Crippen LogP contribution in [0.5, 0.6) is 5.75 Å². The zero-order valence-electron chi connectivity index (χ0n) is 10.8. The monoisotopic (exact) mass is 262 g/mol. The lowest BCUT2D eigenvalue weighted by Gasteiger charge is -2.05. The lowest BCUT2D eigenvalue weighted by Crippen LogP contribution is -2.82. The topological polar surface area (TPSA) is 25.8 Å². The molecule has 0 atom stereocenters. The summed E-state index contributed by atoms with van der Waals surface area (Å²) in [6, 6.07) is 12.6. The second kappa shape index (κ2) is 7.19. The predicted molar refractivity (Wildman–Crippen MR) is 75.9 cm³/mol. The van der Waals surface area contributed by atoms with Crippen LogP contribution in [0.3, 0.4) is 0 Å². The van der Waals surface area contributed by atoms with Crippen LogP contribution in [0, 0.1) is 0 Å². The highest BCUT2D eigenvalue weighted by Crippen LogP contribution is 2.16. The van der Waals surface area contributed by atoms with E-state index in [-0.39, 0.29) is 0 Å². The predicted octanol–water partition coefficient (Wildman–Crippen LogP) is 2.80. The van der Waals surface area contributed by atoms with Crippen LogP contribution in [0.4, 0.5) is 0 Å². The summed E-state index contributed by atoms with van der Waals surface area (Å²) in [4.78, 5) is 1.26. The van der Waals surface area contributed by atoms with Gasteiger partial charge in [-0.1, -0.05) is 13.0 Å². The van der Waals surface area contributed by atoms with E-state index in [9.17, 15) is 0 Å². The standard InChI is InChI=1S/C15H19NOS/c1-2-9-16-11-13-5-7-14(8-6-13)17-12-15-4-3-10-18-15/h3-8,10,16H,2,9,11-12H2,1H3/p+1. The first-order valence-electron chi connectivity index (χ1n) is 6.44. The Hall–Kier alpha value is -1.32. The molecular weight excluding hydrogens is 242 g/mol. The van der Waals surface area contributed by atoms with Gasteiger partial charge in [-0.15, -0.1) is 11.3 Å². The van der Waals surface area contributed by atoms with Gasteiger partial charge in [0.15, 0.2) is 0 Å². The second-order valence-electron chi connectivity index (χ2n) is 4.29. The first kappa shape index (κ1) is 13.1. The van der Waals surface area contributed by atoms with Crippen molar-refractivity contribution in [3.8, 4) is 5.75 Å². The van der Waals surface area contributed by atoms with Crippen LogP contribution in [-0.2, 0) is 13.2 Å². The molecule has 2 nitrogen and oxygen atoms in total. The van der Waals surface area contributed by atoms with Crippen LogP contribution < -0.4 is 10.1 Å². The summed E-state index contributed by atoms with van der Waals surface area (Å²) in [7, 11) is 0.